The third-order valence-corrected chi connectivity index (χ3v) is 8.26. The van der Waals surface area contributed by atoms with Crippen molar-refractivity contribution in [1.82, 2.24) is 0 Å². The molecule has 15 nitrogen and oxygen atoms in total. The number of hydrogen-bond acceptors (Lipinski definition) is 15. The van der Waals surface area contributed by atoms with Crippen molar-refractivity contribution < 1.29 is 54.3 Å². The summed E-state index contributed by atoms with van der Waals surface area (Å²) < 4.78 is 28.9. The van der Waals surface area contributed by atoms with Crippen molar-refractivity contribution in [3.05, 3.63) is 0 Å². The van der Waals surface area contributed by atoms with E-state index in [4.69, 9.17) is 46.6 Å². The summed E-state index contributed by atoms with van der Waals surface area (Å²) in [5.74, 6) is 0. The van der Waals surface area contributed by atoms with Crippen LogP contribution in [0.15, 0.2) is 0 Å². The molecule has 2 aliphatic heterocycles. The van der Waals surface area contributed by atoms with Crippen LogP contribution in [0, 0.1) is 0 Å². The minimum atomic E-state index is -1.65. The molecule has 15 atom stereocenters. The van der Waals surface area contributed by atoms with Crippen LogP contribution in [0.5, 0.6) is 0 Å². The Morgan fingerprint density at radius 1 is 0.683 bits per heavy atom. The van der Waals surface area contributed by atoms with Crippen LogP contribution in [0.3, 0.4) is 0 Å². The Labute approximate surface area is 241 Å². The molecule has 2 heterocycles. The predicted molar refractivity (Wildman–Crippen MR) is 145 cm³/mol. The van der Waals surface area contributed by atoms with Crippen molar-refractivity contribution in [3.63, 3.8) is 0 Å². The Hall–Kier alpha value is -0.600. The summed E-state index contributed by atoms with van der Waals surface area (Å²) in [6, 6.07) is -2.58. The zero-order valence-electron chi connectivity index (χ0n) is 23.8. The van der Waals surface area contributed by atoms with Crippen LogP contribution in [-0.4, -0.2) is 142 Å². The smallest absolute Gasteiger partial charge is 0.187 e. The van der Waals surface area contributed by atoms with Crippen molar-refractivity contribution in [2.45, 2.75) is 144 Å². The normalized spacial score (nSPS) is 45.6. The highest BCUT2D eigenvalue weighted by atomic mass is 16.7. The molecular formula is C26H52N4O11. The van der Waals surface area contributed by atoms with E-state index >= 15 is 0 Å². The standard InChI is InChI=1S/C26H52N4O11/c1-2-3-4-5-6-7-8-37-24-15(11-31)39-25(18(33)16(24)30)40-22-12(28)9-13(29)23(21(22)36)41-26-20(35)19(34)17(32)14(10-27)38-26/h12-26,31-36H,2-11,27-30H2,1H3/t12?,13?,14?,15-,16+,17-,18-,19+,20?,21-,22-,23?,24?,25?,26-/m1/s1. The third-order valence-electron chi connectivity index (χ3n) is 8.26. The highest BCUT2D eigenvalue weighted by Crippen LogP contribution is 2.31. The van der Waals surface area contributed by atoms with Gasteiger partial charge in [0.1, 0.15) is 61.0 Å². The Kier molecular flexibility index (Phi) is 14.0. The number of hydrogen-bond donors (Lipinski definition) is 10. The van der Waals surface area contributed by atoms with Gasteiger partial charge in [-0.25, -0.2) is 0 Å². The summed E-state index contributed by atoms with van der Waals surface area (Å²) in [6.07, 6.45) is -8.84. The summed E-state index contributed by atoms with van der Waals surface area (Å²) in [6.45, 7) is 1.96. The third kappa shape index (κ3) is 8.53. The molecule has 0 amide bonds. The molecule has 3 aliphatic rings. The SMILES string of the molecule is CCCCCCCCOC1[C@@H](N)[C@@H](O)C(O[C@@H]2C(N)CC(N)C(O[C@H]3OC(CN)[C@@H](O)[C@H](O)C3O)[C@@H]2O)O[C@@H]1CO. The summed E-state index contributed by atoms with van der Waals surface area (Å²) in [5, 5.41) is 62.7. The molecule has 15 heteroatoms. The average molecular weight is 597 g/mol. The largest absolute Gasteiger partial charge is 0.394 e. The lowest BCUT2D eigenvalue weighted by Crippen LogP contribution is -2.68. The van der Waals surface area contributed by atoms with Gasteiger partial charge in [-0.2, -0.15) is 0 Å². The van der Waals surface area contributed by atoms with Crippen molar-refractivity contribution in [2.24, 2.45) is 22.9 Å². The summed E-state index contributed by atoms with van der Waals surface area (Å²) in [4.78, 5) is 0. The second kappa shape index (κ2) is 16.5. The van der Waals surface area contributed by atoms with E-state index in [1.54, 1.807) is 0 Å². The van der Waals surface area contributed by atoms with Crippen molar-refractivity contribution in [2.75, 3.05) is 19.8 Å². The van der Waals surface area contributed by atoms with Gasteiger partial charge in [0.15, 0.2) is 12.6 Å². The fourth-order valence-electron chi connectivity index (χ4n) is 5.71. The molecule has 2 saturated heterocycles. The van der Waals surface area contributed by atoms with E-state index < -0.39 is 98.4 Å². The van der Waals surface area contributed by atoms with Gasteiger partial charge in [0.25, 0.3) is 0 Å². The highest BCUT2D eigenvalue weighted by Gasteiger charge is 2.51. The maximum atomic E-state index is 11.2. The van der Waals surface area contributed by atoms with Gasteiger partial charge in [0, 0.05) is 25.2 Å². The number of unbranched alkanes of at least 4 members (excludes halogenated alkanes) is 5. The van der Waals surface area contributed by atoms with Crippen LogP contribution >= 0.6 is 0 Å². The molecule has 242 valence electrons. The molecule has 41 heavy (non-hydrogen) atoms. The van der Waals surface area contributed by atoms with Crippen LogP contribution in [0.2, 0.25) is 0 Å². The van der Waals surface area contributed by atoms with E-state index in [0.29, 0.717) is 6.61 Å². The molecule has 0 bridgehead atoms. The molecule has 3 rings (SSSR count). The van der Waals surface area contributed by atoms with Gasteiger partial charge >= 0.3 is 0 Å². The molecule has 0 aromatic heterocycles. The molecule has 14 N–H and O–H groups in total. The van der Waals surface area contributed by atoms with Crippen LogP contribution in [-0.2, 0) is 23.7 Å². The van der Waals surface area contributed by atoms with Gasteiger partial charge in [0.05, 0.1) is 12.6 Å². The fourth-order valence-corrected chi connectivity index (χ4v) is 5.71. The second-order valence-electron chi connectivity index (χ2n) is 11.4. The fraction of sp³-hybridized carbons (Fsp3) is 1.00. The number of aliphatic hydroxyl groups excluding tert-OH is 6. The lowest BCUT2D eigenvalue weighted by Gasteiger charge is -2.48. The quantitative estimate of drug-likeness (QED) is 0.0858. The monoisotopic (exact) mass is 596 g/mol. The molecular weight excluding hydrogens is 544 g/mol. The molecule has 0 radical (unpaired) electrons. The van der Waals surface area contributed by atoms with E-state index in [9.17, 15) is 30.6 Å². The summed E-state index contributed by atoms with van der Waals surface area (Å²) >= 11 is 0. The lowest BCUT2D eigenvalue weighted by atomic mass is 9.84. The van der Waals surface area contributed by atoms with Crippen LogP contribution < -0.4 is 22.9 Å². The van der Waals surface area contributed by atoms with E-state index in [1.807, 2.05) is 0 Å². The van der Waals surface area contributed by atoms with Gasteiger partial charge in [-0.05, 0) is 12.8 Å². The molecule has 1 saturated carbocycles. The van der Waals surface area contributed by atoms with E-state index in [1.165, 1.54) is 12.8 Å². The van der Waals surface area contributed by atoms with E-state index in [2.05, 4.69) is 6.92 Å². The molecule has 0 aromatic rings. The molecule has 0 aromatic carbocycles. The van der Waals surface area contributed by atoms with Crippen LogP contribution in [0.1, 0.15) is 51.9 Å². The number of ether oxygens (including phenoxy) is 5. The second-order valence-corrected chi connectivity index (χ2v) is 11.4. The van der Waals surface area contributed by atoms with Gasteiger partial charge in [-0.3, -0.25) is 0 Å². The maximum Gasteiger partial charge on any atom is 0.187 e. The first-order chi connectivity index (χ1) is 19.5. The van der Waals surface area contributed by atoms with Crippen LogP contribution in [0.4, 0.5) is 0 Å². The molecule has 7 unspecified atom stereocenters. The van der Waals surface area contributed by atoms with Gasteiger partial charge in [-0.1, -0.05) is 39.0 Å². The zero-order chi connectivity index (χ0) is 30.3. The minimum Gasteiger partial charge on any atom is -0.394 e. The Bertz CT molecular complexity index is 756. The zero-order valence-corrected chi connectivity index (χ0v) is 23.8. The number of nitrogens with two attached hydrogens (primary N) is 4. The highest BCUT2D eigenvalue weighted by molar-refractivity contribution is 5.01. The maximum absolute atomic E-state index is 11.2. The number of rotatable bonds is 14. The summed E-state index contributed by atoms with van der Waals surface area (Å²) in [5.41, 5.74) is 24.3. The van der Waals surface area contributed by atoms with Crippen molar-refractivity contribution in [1.29, 1.82) is 0 Å². The van der Waals surface area contributed by atoms with Gasteiger partial charge in [0.2, 0.25) is 0 Å². The first kappa shape index (κ1) is 34.9. The molecule has 0 spiro atoms. The van der Waals surface area contributed by atoms with Crippen molar-refractivity contribution in [3.8, 4) is 0 Å². The first-order valence-corrected chi connectivity index (χ1v) is 14.8. The predicted octanol–water partition coefficient (Wildman–Crippen LogP) is -3.91. The van der Waals surface area contributed by atoms with Gasteiger partial charge < -0.3 is 77.3 Å². The Morgan fingerprint density at radius 2 is 1.24 bits per heavy atom. The average Bonchev–Trinajstić information content (AvgIpc) is 2.95. The minimum absolute atomic E-state index is 0.114. The summed E-state index contributed by atoms with van der Waals surface area (Å²) in [7, 11) is 0. The Balaban J connectivity index is 1.61. The Morgan fingerprint density at radius 3 is 1.83 bits per heavy atom. The first-order valence-electron chi connectivity index (χ1n) is 14.8. The lowest BCUT2D eigenvalue weighted by molar-refractivity contribution is -0.333. The van der Waals surface area contributed by atoms with Crippen molar-refractivity contribution >= 4 is 0 Å². The van der Waals surface area contributed by atoms with E-state index in [0.717, 1.165) is 25.7 Å². The molecule has 1 aliphatic carbocycles. The van der Waals surface area contributed by atoms with E-state index in [-0.39, 0.29) is 13.0 Å². The molecule has 3 fully saturated rings. The van der Waals surface area contributed by atoms with Gasteiger partial charge in [-0.15, -0.1) is 0 Å². The topological polar surface area (TPSA) is 272 Å². The van der Waals surface area contributed by atoms with Crippen LogP contribution in [0.25, 0.3) is 0 Å². The number of aliphatic hydroxyl groups is 6.